The third-order valence-electron chi connectivity index (χ3n) is 7.66. The lowest BCUT2D eigenvalue weighted by Crippen LogP contribution is -2.33. The van der Waals surface area contributed by atoms with Gasteiger partial charge in [-0.1, -0.05) is 72.8 Å². The van der Waals surface area contributed by atoms with E-state index >= 15 is 0 Å². The first-order chi connectivity index (χ1) is 17.5. The van der Waals surface area contributed by atoms with Crippen LogP contribution in [0.4, 0.5) is 5.69 Å². The van der Waals surface area contributed by atoms with Gasteiger partial charge in [0, 0.05) is 17.4 Å². The van der Waals surface area contributed by atoms with Crippen molar-refractivity contribution in [2.75, 3.05) is 12.0 Å². The van der Waals surface area contributed by atoms with Gasteiger partial charge in [0.1, 0.15) is 5.75 Å². The van der Waals surface area contributed by atoms with Crippen LogP contribution in [0.1, 0.15) is 28.4 Å². The van der Waals surface area contributed by atoms with Crippen molar-refractivity contribution in [2.24, 2.45) is 23.7 Å². The van der Waals surface area contributed by atoms with Gasteiger partial charge in [-0.3, -0.25) is 14.4 Å². The Balaban J connectivity index is 1.48. The zero-order valence-corrected chi connectivity index (χ0v) is 20.0. The molecule has 3 aliphatic rings. The van der Waals surface area contributed by atoms with Gasteiger partial charge in [-0.25, -0.2) is 4.90 Å². The minimum absolute atomic E-state index is 0.138. The Morgan fingerprint density at radius 2 is 1.28 bits per heavy atom. The number of ether oxygens (including phenoxy) is 1. The summed E-state index contributed by atoms with van der Waals surface area (Å²) < 4.78 is 5.47. The highest BCUT2D eigenvalue weighted by Crippen LogP contribution is 2.59. The highest BCUT2D eigenvalue weighted by molar-refractivity contribution is 6.24. The first-order valence-electron chi connectivity index (χ1n) is 12.1. The number of Topliss-reactive ketones (excluding diaryl/α,β-unsaturated/α-hetero) is 1. The van der Waals surface area contributed by atoms with Crippen LogP contribution in [0, 0.1) is 23.7 Å². The van der Waals surface area contributed by atoms with Crippen LogP contribution in [-0.4, -0.2) is 24.7 Å². The summed E-state index contributed by atoms with van der Waals surface area (Å²) in [6.07, 6.45) is 4.18. The minimum Gasteiger partial charge on any atom is -0.495 e. The molecule has 5 heteroatoms. The largest absolute Gasteiger partial charge is 0.495 e. The molecule has 2 fully saturated rings. The molecule has 0 radical (unpaired) electrons. The average Bonchev–Trinajstić information content (AvgIpc) is 3.54. The molecule has 2 aliphatic carbocycles. The summed E-state index contributed by atoms with van der Waals surface area (Å²) in [4.78, 5) is 41.0. The standard InChI is InChI=1S/C31H25NO4/c1-18(33)21-13-16-25(36-2)24(17-21)32-30(34)28-22-14-15-23(29(28)31(32)35)27(22)26(19-9-5-3-6-10-19)20-11-7-4-8-12-20/h3-17,22-23,28-29H,1-2H3/t22-,23-,28+,29+/m0/s1. The fraction of sp³-hybridized carbons (Fsp3) is 0.194. The molecule has 0 aromatic heterocycles. The van der Waals surface area contributed by atoms with Crippen LogP contribution in [0.15, 0.2) is 96.6 Å². The second-order valence-corrected chi connectivity index (χ2v) is 9.51. The number of amides is 2. The molecule has 4 atom stereocenters. The second-order valence-electron chi connectivity index (χ2n) is 9.51. The number of hydrogen-bond acceptors (Lipinski definition) is 4. The number of hydrogen-bond donors (Lipinski definition) is 0. The Morgan fingerprint density at radius 3 is 1.75 bits per heavy atom. The number of anilines is 1. The molecule has 178 valence electrons. The highest BCUT2D eigenvalue weighted by Gasteiger charge is 2.62. The number of carbonyl (C=O) groups is 3. The van der Waals surface area contributed by atoms with Gasteiger partial charge in [-0.2, -0.15) is 0 Å². The second kappa shape index (κ2) is 8.45. The Bertz CT molecular complexity index is 1380. The fourth-order valence-corrected chi connectivity index (χ4v) is 6.13. The average molecular weight is 476 g/mol. The van der Waals surface area contributed by atoms with E-state index < -0.39 is 11.8 Å². The van der Waals surface area contributed by atoms with E-state index in [1.165, 1.54) is 18.9 Å². The molecule has 1 heterocycles. The smallest absolute Gasteiger partial charge is 0.238 e. The first-order valence-corrected chi connectivity index (χ1v) is 12.1. The van der Waals surface area contributed by atoms with Crippen molar-refractivity contribution >= 4 is 28.9 Å². The van der Waals surface area contributed by atoms with Crippen molar-refractivity contribution < 1.29 is 19.1 Å². The van der Waals surface area contributed by atoms with Gasteiger partial charge in [-0.05, 0) is 47.4 Å². The maximum atomic E-state index is 13.9. The molecule has 2 bridgehead atoms. The van der Waals surface area contributed by atoms with Crippen LogP contribution >= 0.6 is 0 Å². The topological polar surface area (TPSA) is 63.7 Å². The third-order valence-corrected chi connectivity index (χ3v) is 7.66. The van der Waals surface area contributed by atoms with E-state index in [0.29, 0.717) is 17.0 Å². The molecule has 1 saturated carbocycles. The van der Waals surface area contributed by atoms with Crippen LogP contribution in [-0.2, 0) is 9.59 Å². The summed E-state index contributed by atoms with van der Waals surface area (Å²) in [6, 6.07) is 25.2. The van der Waals surface area contributed by atoms with Gasteiger partial charge in [0.2, 0.25) is 11.8 Å². The summed E-state index contributed by atoms with van der Waals surface area (Å²) in [5, 5.41) is 0. The molecule has 6 rings (SSSR count). The Hall–Kier alpha value is -4.25. The van der Waals surface area contributed by atoms with E-state index in [0.717, 1.165) is 22.3 Å². The number of methoxy groups -OCH3 is 1. The molecule has 5 nitrogen and oxygen atoms in total. The van der Waals surface area contributed by atoms with Crippen molar-refractivity contribution in [2.45, 2.75) is 6.92 Å². The number of ketones is 1. The molecule has 1 saturated heterocycles. The number of rotatable bonds is 5. The first kappa shape index (κ1) is 22.2. The lowest BCUT2D eigenvalue weighted by Gasteiger charge is -2.23. The summed E-state index contributed by atoms with van der Waals surface area (Å²) >= 11 is 0. The predicted molar refractivity (Wildman–Crippen MR) is 137 cm³/mol. The number of carbonyl (C=O) groups excluding carboxylic acids is 3. The lowest BCUT2D eigenvalue weighted by molar-refractivity contribution is -0.123. The van der Waals surface area contributed by atoms with E-state index in [9.17, 15) is 14.4 Å². The Morgan fingerprint density at radius 1 is 0.750 bits per heavy atom. The fourth-order valence-electron chi connectivity index (χ4n) is 6.13. The molecule has 1 aliphatic heterocycles. The molecule has 36 heavy (non-hydrogen) atoms. The number of allylic oxidation sites excluding steroid dienone is 3. The summed E-state index contributed by atoms with van der Waals surface area (Å²) in [5.74, 6) is -1.51. The third kappa shape index (κ3) is 3.19. The van der Waals surface area contributed by atoms with Gasteiger partial charge in [0.05, 0.1) is 24.6 Å². The number of benzene rings is 3. The maximum absolute atomic E-state index is 13.9. The predicted octanol–water partition coefficient (Wildman–Crippen LogP) is 5.32. The molecule has 0 spiro atoms. The number of fused-ring (bicyclic) bond motifs is 5. The molecular formula is C31H25NO4. The molecule has 2 amide bonds. The van der Waals surface area contributed by atoms with Crippen LogP contribution in [0.2, 0.25) is 0 Å². The van der Waals surface area contributed by atoms with E-state index in [2.05, 4.69) is 36.4 Å². The van der Waals surface area contributed by atoms with Crippen LogP contribution < -0.4 is 9.64 Å². The van der Waals surface area contributed by atoms with E-state index in [4.69, 9.17) is 4.74 Å². The highest BCUT2D eigenvalue weighted by atomic mass is 16.5. The van der Waals surface area contributed by atoms with Crippen molar-refractivity contribution in [3.63, 3.8) is 0 Å². The summed E-state index contributed by atoms with van der Waals surface area (Å²) in [7, 11) is 1.50. The van der Waals surface area contributed by atoms with Gasteiger partial charge in [-0.15, -0.1) is 0 Å². The van der Waals surface area contributed by atoms with Crippen molar-refractivity contribution in [1.82, 2.24) is 0 Å². The van der Waals surface area contributed by atoms with Gasteiger partial charge in [0.25, 0.3) is 0 Å². The maximum Gasteiger partial charge on any atom is 0.238 e. The van der Waals surface area contributed by atoms with Gasteiger partial charge >= 0.3 is 0 Å². The van der Waals surface area contributed by atoms with Crippen molar-refractivity contribution in [3.05, 3.63) is 113 Å². The van der Waals surface area contributed by atoms with E-state index in [1.807, 2.05) is 36.4 Å². The number of imide groups is 1. The minimum atomic E-state index is -0.476. The Labute approximate surface area is 209 Å². The van der Waals surface area contributed by atoms with Crippen molar-refractivity contribution in [3.8, 4) is 5.75 Å². The quantitative estimate of drug-likeness (QED) is 0.285. The summed E-state index contributed by atoms with van der Waals surface area (Å²) in [5.41, 5.74) is 5.14. The molecule has 3 aromatic rings. The molecular weight excluding hydrogens is 450 g/mol. The van der Waals surface area contributed by atoms with Crippen LogP contribution in [0.3, 0.4) is 0 Å². The zero-order chi connectivity index (χ0) is 25.0. The molecule has 0 N–H and O–H groups in total. The molecule has 3 aromatic carbocycles. The van der Waals surface area contributed by atoms with Gasteiger partial charge < -0.3 is 4.74 Å². The van der Waals surface area contributed by atoms with Gasteiger partial charge in [0.15, 0.2) is 5.78 Å². The molecule has 0 unspecified atom stereocenters. The summed E-state index contributed by atoms with van der Waals surface area (Å²) in [6.45, 7) is 1.46. The van der Waals surface area contributed by atoms with Crippen LogP contribution in [0.5, 0.6) is 5.75 Å². The normalized spacial score (nSPS) is 23.8. The zero-order valence-electron chi connectivity index (χ0n) is 20.0. The van der Waals surface area contributed by atoms with E-state index in [-0.39, 0.29) is 29.4 Å². The SMILES string of the molecule is COc1ccc(C(C)=O)cc1N1C(=O)[C@H]2[C@H](C1=O)[C@H]1C=C[C@H]2C1=C(c1ccccc1)c1ccccc1. The lowest BCUT2D eigenvalue weighted by atomic mass is 9.85. The van der Waals surface area contributed by atoms with E-state index in [1.54, 1.807) is 18.2 Å². The van der Waals surface area contributed by atoms with Crippen molar-refractivity contribution in [1.29, 1.82) is 0 Å². The van der Waals surface area contributed by atoms with Crippen LogP contribution in [0.25, 0.3) is 5.57 Å². The monoisotopic (exact) mass is 475 g/mol. The Kier molecular flexibility index (Phi) is 5.22. The number of nitrogens with zero attached hydrogens (tertiary/aromatic N) is 1.